The average Bonchev–Trinajstić information content (AvgIpc) is 2.66. The molecule has 0 saturated carbocycles. The molecule has 1 aromatic heterocycles. The molecule has 6 heteroatoms. The van der Waals surface area contributed by atoms with E-state index in [1.54, 1.807) is 18.3 Å². The van der Waals surface area contributed by atoms with Gasteiger partial charge in [-0.25, -0.2) is 4.39 Å². The Balaban J connectivity index is 2.05. The number of nitrogens with two attached hydrogens (primary N) is 1. The van der Waals surface area contributed by atoms with Crippen molar-refractivity contribution in [2.24, 2.45) is 0 Å². The van der Waals surface area contributed by atoms with Gasteiger partial charge in [-0.15, -0.1) is 0 Å². The second kappa shape index (κ2) is 4.40. The molecule has 2 aromatic rings. The van der Waals surface area contributed by atoms with Crippen LogP contribution < -0.4 is 11.1 Å². The quantitative estimate of drug-likeness (QED) is 0.772. The number of anilines is 2. The summed E-state index contributed by atoms with van der Waals surface area (Å²) in [6.07, 6.45) is 1.58. The largest absolute Gasteiger partial charge is 0.382 e. The van der Waals surface area contributed by atoms with Crippen molar-refractivity contribution >= 4 is 23.1 Å². The van der Waals surface area contributed by atoms with Crippen molar-refractivity contribution in [3.8, 4) is 0 Å². The van der Waals surface area contributed by atoms with Crippen molar-refractivity contribution in [2.45, 2.75) is 6.54 Å². The zero-order valence-corrected chi connectivity index (χ0v) is 9.05. The van der Waals surface area contributed by atoms with Crippen LogP contribution in [0.3, 0.4) is 0 Å². The number of H-pyrrole nitrogens is 1. The average molecular weight is 241 g/mol. The van der Waals surface area contributed by atoms with E-state index in [4.69, 9.17) is 17.3 Å². The molecule has 1 heterocycles. The Hall–Kier alpha value is -1.75. The highest BCUT2D eigenvalue weighted by molar-refractivity contribution is 6.30. The van der Waals surface area contributed by atoms with Crippen LogP contribution in [0.4, 0.5) is 15.9 Å². The molecule has 84 valence electrons. The van der Waals surface area contributed by atoms with Crippen molar-refractivity contribution in [3.63, 3.8) is 0 Å². The van der Waals surface area contributed by atoms with Crippen molar-refractivity contribution in [2.75, 3.05) is 11.1 Å². The highest BCUT2D eigenvalue weighted by atomic mass is 35.5. The Morgan fingerprint density at radius 3 is 2.94 bits per heavy atom. The molecule has 0 bridgehead atoms. The van der Waals surface area contributed by atoms with E-state index in [1.165, 1.54) is 6.07 Å². The van der Waals surface area contributed by atoms with Crippen LogP contribution in [0.2, 0.25) is 5.02 Å². The Bertz CT molecular complexity index is 497. The third kappa shape index (κ3) is 2.25. The van der Waals surface area contributed by atoms with Crippen LogP contribution >= 0.6 is 11.6 Å². The lowest BCUT2D eigenvalue weighted by Gasteiger charge is -2.05. The maximum atomic E-state index is 12.9. The first-order chi connectivity index (χ1) is 7.66. The Kier molecular flexibility index (Phi) is 2.96. The van der Waals surface area contributed by atoms with E-state index in [0.29, 0.717) is 18.1 Å². The number of halogens is 2. The fourth-order valence-corrected chi connectivity index (χ4v) is 1.49. The van der Waals surface area contributed by atoms with Gasteiger partial charge in [-0.2, -0.15) is 5.10 Å². The minimum atomic E-state index is -0.423. The van der Waals surface area contributed by atoms with E-state index in [0.717, 1.165) is 5.56 Å². The third-order valence-corrected chi connectivity index (χ3v) is 2.43. The summed E-state index contributed by atoms with van der Waals surface area (Å²) in [6.45, 7) is 0.504. The first-order valence-corrected chi connectivity index (χ1v) is 5.01. The van der Waals surface area contributed by atoms with Crippen molar-refractivity contribution in [1.82, 2.24) is 10.2 Å². The number of aromatic amines is 1. The van der Waals surface area contributed by atoms with Gasteiger partial charge in [0.25, 0.3) is 0 Å². The molecule has 0 unspecified atom stereocenters. The van der Waals surface area contributed by atoms with Crippen LogP contribution in [0.25, 0.3) is 0 Å². The normalized spacial score (nSPS) is 10.4. The summed E-state index contributed by atoms with van der Waals surface area (Å²) in [5.41, 5.74) is 7.17. The highest BCUT2D eigenvalue weighted by Gasteiger charge is 2.03. The van der Waals surface area contributed by atoms with Crippen LogP contribution in [-0.2, 0) is 6.54 Å². The number of nitrogens with one attached hydrogen (secondary N) is 2. The molecule has 2 rings (SSSR count). The molecule has 0 aliphatic rings. The maximum absolute atomic E-state index is 12.9. The smallest absolute Gasteiger partial charge is 0.142 e. The predicted octanol–water partition coefficient (Wildman–Crippen LogP) is 2.40. The van der Waals surface area contributed by atoms with E-state index in [-0.39, 0.29) is 5.02 Å². The van der Waals surface area contributed by atoms with Gasteiger partial charge >= 0.3 is 0 Å². The van der Waals surface area contributed by atoms with Gasteiger partial charge in [0.15, 0.2) is 0 Å². The van der Waals surface area contributed by atoms with Gasteiger partial charge in [0.05, 0.1) is 16.9 Å². The summed E-state index contributed by atoms with van der Waals surface area (Å²) in [5, 5.41) is 9.54. The molecule has 0 aliphatic heterocycles. The summed E-state index contributed by atoms with van der Waals surface area (Å²) in [6, 6.07) is 4.56. The van der Waals surface area contributed by atoms with Gasteiger partial charge in [0, 0.05) is 6.54 Å². The van der Waals surface area contributed by atoms with Crippen LogP contribution in [0.15, 0.2) is 24.4 Å². The zero-order chi connectivity index (χ0) is 11.5. The molecule has 16 heavy (non-hydrogen) atoms. The van der Waals surface area contributed by atoms with Crippen LogP contribution in [0, 0.1) is 5.82 Å². The SMILES string of the molecule is Nc1[nH]ncc1NCc1ccc(F)c(Cl)c1. The fraction of sp³-hybridized carbons (Fsp3) is 0.100. The lowest BCUT2D eigenvalue weighted by molar-refractivity contribution is 0.627. The molecule has 1 aromatic carbocycles. The number of hydrogen-bond donors (Lipinski definition) is 3. The topological polar surface area (TPSA) is 66.7 Å². The maximum Gasteiger partial charge on any atom is 0.142 e. The summed E-state index contributed by atoms with van der Waals surface area (Å²) in [5.74, 6) is 0.0430. The Labute approximate surface area is 96.6 Å². The molecular weight excluding hydrogens is 231 g/mol. The van der Waals surface area contributed by atoms with Crippen molar-refractivity contribution in [3.05, 3.63) is 40.8 Å². The molecule has 0 saturated heterocycles. The first kappa shape index (κ1) is 10.8. The molecule has 0 fully saturated rings. The molecule has 4 N–H and O–H groups in total. The number of hydrogen-bond acceptors (Lipinski definition) is 3. The number of rotatable bonds is 3. The molecular formula is C10H10ClFN4. The number of nitrogen functional groups attached to an aromatic ring is 1. The van der Waals surface area contributed by atoms with Crippen LogP contribution in [-0.4, -0.2) is 10.2 Å². The summed E-state index contributed by atoms with van der Waals surface area (Å²) in [4.78, 5) is 0. The van der Waals surface area contributed by atoms with Crippen molar-refractivity contribution < 1.29 is 4.39 Å². The van der Waals surface area contributed by atoms with Gasteiger partial charge in [0.1, 0.15) is 11.6 Å². The monoisotopic (exact) mass is 240 g/mol. The lowest BCUT2D eigenvalue weighted by Crippen LogP contribution is -2.01. The first-order valence-electron chi connectivity index (χ1n) is 4.63. The molecule has 0 amide bonds. The molecule has 0 spiro atoms. The number of benzene rings is 1. The molecule has 0 aliphatic carbocycles. The van der Waals surface area contributed by atoms with Crippen molar-refractivity contribution in [1.29, 1.82) is 0 Å². The lowest BCUT2D eigenvalue weighted by atomic mass is 10.2. The van der Waals surface area contributed by atoms with Gasteiger partial charge in [-0.05, 0) is 17.7 Å². The van der Waals surface area contributed by atoms with Gasteiger partial charge < -0.3 is 11.1 Å². The van der Waals surface area contributed by atoms with E-state index >= 15 is 0 Å². The number of nitrogens with zero attached hydrogens (tertiary/aromatic N) is 1. The van der Waals surface area contributed by atoms with Crippen LogP contribution in [0.1, 0.15) is 5.56 Å². The van der Waals surface area contributed by atoms with Gasteiger partial charge in [-0.1, -0.05) is 17.7 Å². The molecule has 4 nitrogen and oxygen atoms in total. The zero-order valence-electron chi connectivity index (χ0n) is 8.30. The summed E-state index contributed by atoms with van der Waals surface area (Å²) < 4.78 is 12.9. The van der Waals surface area contributed by atoms with E-state index in [9.17, 15) is 4.39 Å². The Morgan fingerprint density at radius 1 is 1.50 bits per heavy atom. The van der Waals surface area contributed by atoms with Gasteiger partial charge in [-0.3, -0.25) is 5.10 Å². The standard InChI is InChI=1S/C10H10ClFN4/c11-7-3-6(1-2-8(7)12)4-14-9-5-15-16-10(9)13/h1-3,5,14H,4H2,(H3,13,15,16). The predicted molar refractivity (Wildman–Crippen MR) is 61.7 cm³/mol. The molecule has 0 radical (unpaired) electrons. The second-order valence-corrected chi connectivity index (χ2v) is 3.71. The van der Waals surface area contributed by atoms with Crippen LogP contribution in [0.5, 0.6) is 0 Å². The fourth-order valence-electron chi connectivity index (χ4n) is 1.28. The van der Waals surface area contributed by atoms with E-state index in [2.05, 4.69) is 15.5 Å². The minimum absolute atomic E-state index is 0.111. The molecule has 0 atom stereocenters. The number of aromatic nitrogens is 2. The van der Waals surface area contributed by atoms with E-state index < -0.39 is 5.82 Å². The van der Waals surface area contributed by atoms with Gasteiger partial charge in [0.2, 0.25) is 0 Å². The Morgan fingerprint density at radius 2 is 2.31 bits per heavy atom. The second-order valence-electron chi connectivity index (χ2n) is 3.30. The van der Waals surface area contributed by atoms with E-state index in [1.807, 2.05) is 0 Å². The highest BCUT2D eigenvalue weighted by Crippen LogP contribution is 2.18. The summed E-state index contributed by atoms with van der Waals surface area (Å²) >= 11 is 5.66. The third-order valence-electron chi connectivity index (χ3n) is 2.14. The minimum Gasteiger partial charge on any atom is -0.382 e. The summed E-state index contributed by atoms with van der Waals surface area (Å²) in [7, 11) is 0.